The van der Waals surface area contributed by atoms with Crippen LogP contribution in [0.3, 0.4) is 0 Å². The quantitative estimate of drug-likeness (QED) is 0.697. The molecule has 3 aromatic rings. The lowest BCUT2D eigenvalue weighted by atomic mass is 10.1. The van der Waals surface area contributed by atoms with Crippen molar-refractivity contribution in [3.05, 3.63) is 69.7 Å². The molecule has 1 atom stereocenters. The van der Waals surface area contributed by atoms with Gasteiger partial charge < -0.3 is 10.1 Å². The first-order valence-corrected chi connectivity index (χ1v) is 9.30. The van der Waals surface area contributed by atoms with Crippen molar-refractivity contribution in [1.82, 2.24) is 14.9 Å². The van der Waals surface area contributed by atoms with E-state index in [4.69, 9.17) is 16.3 Å². The highest BCUT2D eigenvalue weighted by molar-refractivity contribution is 6.35. The number of alkyl carbamates (subject to hydrolysis) is 1. The molecule has 2 aromatic carbocycles. The van der Waals surface area contributed by atoms with Gasteiger partial charge in [-0.2, -0.15) is 0 Å². The zero-order valence-corrected chi connectivity index (χ0v) is 16.9. The number of hydrogen-bond acceptors (Lipinski definition) is 4. The third-order valence-electron chi connectivity index (χ3n) is 4.01. The molecule has 1 N–H and O–H groups in total. The molecule has 0 aliphatic heterocycles. The summed E-state index contributed by atoms with van der Waals surface area (Å²) in [5.41, 5.74) is 0.304. The number of para-hydroxylation sites is 1. The first kappa shape index (κ1) is 19.9. The van der Waals surface area contributed by atoms with Gasteiger partial charge in [0.25, 0.3) is 5.56 Å². The SMILES string of the molecule is CC(OC(=O)NC(C)(C)C)c1nc2cccc(Cl)c2c(=O)n1-c1ccccc1. The van der Waals surface area contributed by atoms with Crippen LogP contribution in [-0.2, 0) is 4.74 Å². The van der Waals surface area contributed by atoms with Gasteiger partial charge in [-0.3, -0.25) is 9.36 Å². The number of fused-ring (bicyclic) bond motifs is 1. The molecule has 1 unspecified atom stereocenters. The molecule has 6 nitrogen and oxygen atoms in total. The van der Waals surface area contributed by atoms with Crippen LogP contribution >= 0.6 is 11.6 Å². The standard InChI is InChI=1S/C21H22ClN3O3/c1-13(28-20(27)24-21(2,3)4)18-23-16-12-8-11-15(22)17(16)19(26)25(18)14-9-6-5-7-10-14/h5-13H,1-4H3,(H,24,27). The molecule has 3 rings (SSSR count). The molecular formula is C21H22ClN3O3. The molecule has 146 valence electrons. The smallest absolute Gasteiger partial charge is 0.408 e. The highest BCUT2D eigenvalue weighted by atomic mass is 35.5. The molecule has 1 amide bonds. The predicted octanol–water partition coefficient (Wildman–Crippen LogP) is 4.62. The van der Waals surface area contributed by atoms with E-state index in [1.807, 2.05) is 39.0 Å². The molecule has 0 spiro atoms. The van der Waals surface area contributed by atoms with Crippen LogP contribution in [0.15, 0.2) is 53.3 Å². The fourth-order valence-corrected chi connectivity index (χ4v) is 3.11. The zero-order chi connectivity index (χ0) is 20.5. The van der Waals surface area contributed by atoms with Crippen molar-refractivity contribution in [2.75, 3.05) is 0 Å². The molecule has 0 fully saturated rings. The molecule has 28 heavy (non-hydrogen) atoms. The highest BCUT2D eigenvalue weighted by Crippen LogP contribution is 2.24. The summed E-state index contributed by atoms with van der Waals surface area (Å²) in [4.78, 5) is 30.1. The van der Waals surface area contributed by atoms with Crippen LogP contribution in [0.5, 0.6) is 0 Å². The summed E-state index contributed by atoms with van der Waals surface area (Å²) < 4.78 is 6.94. The van der Waals surface area contributed by atoms with Gasteiger partial charge in [0.2, 0.25) is 0 Å². The van der Waals surface area contributed by atoms with E-state index in [1.165, 1.54) is 4.57 Å². The van der Waals surface area contributed by atoms with E-state index in [9.17, 15) is 9.59 Å². The van der Waals surface area contributed by atoms with Gasteiger partial charge in [0, 0.05) is 5.54 Å². The number of benzene rings is 2. The van der Waals surface area contributed by atoms with Crippen molar-refractivity contribution in [2.45, 2.75) is 39.3 Å². The average Bonchev–Trinajstić information content (AvgIpc) is 2.60. The molecule has 1 aromatic heterocycles. The molecule has 1 heterocycles. The van der Waals surface area contributed by atoms with Gasteiger partial charge in [-0.05, 0) is 52.0 Å². The number of ether oxygens (including phenoxy) is 1. The van der Waals surface area contributed by atoms with E-state index < -0.39 is 17.7 Å². The van der Waals surface area contributed by atoms with Crippen molar-refractivity contribution < 1.29 is 9.53 Å². The molecular weight excluding hydrogens is 378 g/mol. The van der Waals surface area contributed by atoms with E-state index in [-0.39, 0.29) is 5.56 Å². The van der Waals surface area contributed by atoms with Crippen LogP contribution < -0.4 is 10.9 Å². The maximum Gasteiger partial charge on any atom is 0.408 e. The minimum Gasteiger partial charge on any atom is -0.438 e. The van der Waals surface area contributed by atoms with Crippen LogP contribution in [0.25, 0.3) is 16.6 Å². The first-order chi connectivity index (χ1) is 13.2. The highest BCUT2D eigenvalue weighted by Gasteiger charge is 2.23. The topological polar surface area (TPSA) is 73.2 Å². The Kier molecular flexibility index (Phi) is 5.42. The number of hydrogen-bond donors (Lipinski definition) is 1. The normalized spacial score (nSPS) is 12.6. The summed E-state index contributed by atoms with van der Waals surface area (Å²) in [6.07, 6.45) is -1.35. The Labute approximate surface area is 168 Å². The van der Waals surface area contributed by atoms with Crippen molar-refractivity contribution >= 4 is 28.6 Å². The predicted molar refractivity (Wildman–Crippen MR) is 110 cm³/mol. The molecule has 0 radical (unpaired) electrons. The number of aromatic nitrogens is 2. The number of nitrogens with zero attached hydrogens (tertiary/aromatic N) is 2. The van der Waals surface area contributed by atoms with Gasteiger partial charge >= 0.3 is 6.09 Å². The zero-order valence-electron chi connectivity index (χ0n) is 16.2. The second kappa shape index (κ2) is 7.64. The van der Waals surface area contributed by atoms with Crippen LogP contribution in [0.4, 0.5) is 4.79 Å². The lowest BCUT2D eigenvalue weighted by molar-refractivity contribution is 0.0947. The van der Waals surface area contributed by atoms with Crippen molar-refractivity contribution in [3.63, 3.8) is 0 Å². The fourth-order valence-electron chi connectivity index (χ4n) is 2.86. The van der Waals surface area contributed by atoms with Gasteiger partial charge in [-0.15, -0.1) is 0 Å². The van der Waals surface area contributed by atoms with E-state index >= 15 is 0 Å². The van der Waals surface area contributed by atoms with E-state index in [0.717, 1.165) is 0 Å². The fraction of sp³-hybridized carbons (Fsp3) is 0.286. The summed E-state index contributed by atoms with van der Waals surface area (Å²) >= 11 is 6.26. The number of rotatable bonds is 3. The minimum atomic E-state index is -0.765. The third kappa shape index (κ3) is 4.17. The van der Waals surface area contributed by atoms with Gasteiger partial charge in [0.05, 0.1) is 21.6 Å². The number of carbonyl (C=O) groups is 1. The number of carbonyl (C=O) groups excluding carboxylic acids is 1. The number of amides is 1. The lowest BCUT2D eigenvalue weighted by Gasteiger charge is -2.23. The Morgan fingerprint density at radius 3 is 2.46 bits per heavy atom. The first-order valence-electron chi connectivity index (χ1n) is 8.93. The van der Waals surface area contributed by atoms with E-state index in [1.54, 1.807) is 37.3 Å². The molecule has 0 saturated carbocycles. The Bertz CT molecular complexity index is 1070. The van der Waals surface area contributed by atoms with Crippen LogP contribution in [-0.4, -0.2) is 21.2 Å². The van der Waals surface area contributed by atoms with Crippen LogP contribution in [0.1, 0.15) is 39.6 Å². The van der Waals surface area contributed by atoms with Crippen LogP contribution in [0.2, 0.25) is 5.02 Å². The van der Waals surface area contributed by atoms with Gasteiger partial charge in [0.15, 0.2) is 11.9 Å². The van der Waals surface area contributed by atoms with E-state index in [0.29, 0.717) is 27.4 Å². The Morgan fingerprint density at radius 1 is 1.14 bits per heavy atom. The Balaban J connectivity index is 2.15. The number of halogens is 1. The monoisotopic (exact) mass is 399 g/mol. The van der Waals surface area contributed by atoms with Gasteiger partial charge in [-0.25, -0.2) is 9.78 Å². The summed E-state index contributed by atoms with van der Waals surface area (Å²) in [6.45, 7) is 7.25. The second-order valence-corrected chi connectivity index (χ2v) is 7.91. The third-order valence-corrected chi connectivity index (χ3v) is 4.33. The average molecular weight is 400 g/mol. The minimum absolute atomic E-state index is 0.315. The molecule has 0 bridgehead atoms. The van der Waals surface area contributed by atoms with Crippen molar-refractivity contribution in [1.29, 1.82) is 0 Å². The molecule has 0 saturated heterocycles. The van der Waals surface area contributed by atoms with E-state index in [2.05, 4.69) is 10.3 Å². The summed E-state index contributed by atoms with van der Waals surface area (Å²) in [6, 6.07) is 14.2. The Hall–Kier alpha value is -2.86. The van der Waals surface area contributed by atoms with Gasteiger partial charge in [0.1, 0.15) is 0 Å². The molecule has 0 aliphatic rings. The summed E-state index contributed by atoms with van der Waals surface area (Å²) in [7, 11) is 0. The summed E-state index contributed by atoms with van der Waals surface area (Å²) in [5.74, 6) is 0.315. The second-order valence-electron chi connectivity index (χ2n) is 7.50. The lowest BCUT2D eigenvalue weighted by Crippen LogP contribution is -2.41. The van der Waals surface area contributed by atoms with Crippen molar-refractivity contribution in [3.8, 4) is 5.69 Å². The van der Waals surface area contributed by atoms with Gasteiger partial charge in [-0.1, -0.05) is 35.9 Å². The maximum atomic E-state index is 13.3. The molecule has 7 heteroatoms. The largest absolute Gasteiger partial charge is 0.438 e. The van der Waals surface area contributed by atoms with Crippen LogP contribution in [0, 0.1) is 0 Å². The summed E-state index contributed by atoms with van der Waals surface area (Å²) in [5, 5.41) is 3.39. The Morgan fingerprint density at radius 2 is 1.82 bits per heavy atom. The number of nitrogens with one attached hydrogen (secondary N) is 1. The molecule has 0 aliphatic carbocycles. The van der Waals surface area contributed by atoms with Crippen molar-refractivity contribution in [2.24, 2.45) is 0 Å². The maximum absolute atomic E-state index is 13.3.